The highest BCUT2D eigenvalue weighted by atomic mass is 15.2. The van der Waals surface area contributed by atoms with Gasteiger partial charge in [0, 0.05) is 51.2 Å². The first-order valence-corrected chi connectivity index (χ1v) is 13.4. The Bertz CT molecular complexity index is 1530. The molecular weight excluding hydrogens is 474 g/mol. The molecule has 0 radical (unpaired) electrons. The van der Waals surface area contributed by atoms with Gasteiger partial charge in [-0.1, -0.05) is 66.7 Å². The van der Waals surface area contributed by atoms with Crippen LogP contribution in [0.2, 0.25) is 0 Å². The molecule has 0 aliphatic carbocycles. The van der Waals surface area contributed by atoms with E-state index in [1.165, 1.54) is 0 Å². The summed E-state index contributed by atoms with van der Waals surface area (Å²) in [5, 5.41) is 0. The van der Waals surface area contributed by atoms with Crippen molar-refractivity contribution in [1.82, 2.24) is 0 Å². The average molecular weight is 506 g/mol. The van der Waals surface area contributed by atoms with Crippen molar-refractivity contribution in [2.24, 2.45) is 0 Å². The van der Waals surface area contributed by atoms with E-state index in [1.54, 1.807) is 0 Å². The topological polar surface area (TPSA) is 9.72 Å². The average Bonchev–Trinajstić information content (AvgIpc) is 2.99. The zero-order valence-electron chi connectivity index (χ0n) is 22.3. The molecule has 1 aliphatic heterocycles. The van der Waals surface area contributed by atoms with Crippen molar-refractivity contribution in [1.29, 1.82) is 0 Å². The van der Waals surface area contributed by atoms with Gasteiger partial charge in [-0.05, 0) is 98.8 Å². The summed E-state index contributed by atoms with van der Waals surface area (Å²) in [7, 11) is 0. The summed E-state index contributed by atoms with van der Waals surface area (Å²) in [6, 6.07) is 47.5. The number of para-hydroxylation sites is 2. The van der Waals surface area contributed by atoms with Crippen LogP contribution >= 0.6 is 0 Å². The summed E-state index contributed by atoms with van der Waals surface area (Å²) in [4.78, 5) is 6.99. The number of nitrogens with zero attached hydrogens (tertiary/aromatic N) is 3. The molecule has 3 nitrogen and oxygen atoms in total. The lowest BCUT2D eigenvalue weighted by molar-refractivity contribution is 1.17. The Hall–Kier alpha value is -5.02. The van der Waals surface area contributed by atoms with Crippen LogP contribution in [0.3, 0.4) is 0 Å². The largest absolute Gasteiger partial charge is 0.311 e. The van der Waals surface area contributed by atoms with Crippen molar-refractivity contribution in [2.45, 2.75) is 13.8 Å². The van der Waals surface area contributed by atoms with E-state index < -0.39 is 0 Å². The Kier molecular flexibility index (Phi) is 6.71. The Balaban J connectivity index is 1.69. The molecule has 190 valence electrons. The van der Waals surface area contributed by atoms with Crippen LogP contribution < -0.4 is 14.7 Å². The fraction of sp³-hybridized carbons (Fsp3) is 0.0556. The quantitative estimate of drug-likeness (QED) is 0.225. The summed E-state index contributed by atoms with van der Waals surface area (Å²) < 4.78 is 0. The molecule has 0 N–H and O–H groups in total. The molecule has 5 aromatic rings. The number of rotatable bonds is 4. The van der Waals surface area contributed by atoms with Crippen LogP contribution in [-0.4, -0.2) is 0 Å². The summed E-state index contributed by atoms with van der Waals surface area (Å²) in [6.07, 6.45) is 6.42. The first-order valence-electron chi connectivity index (χ1n) is 13.4. The minimum Gasteiger partial charge on any atom is -0.311 e. The number of benzene rings is 5. The second kappa shape index (κ2) is 10.8. The number of hydrogen-bond acceptors (Lipinski definition) is 3. The van der Waals surface area contributed by atoms with Gasteiger partial charge >= 0.3 is 0 Å². The maximum absolute atomic E-state index is 2.33. The van der Waals surface area contributed by atoms with Crippen molar-refractivity contribution in [3.63, 3.8) is 0 Å². The molecule has 0 saturated carbocycles. The van der Waals surface area contributed by atoms with Crippen LogP contribution in [0.4, 0.5) is 45.5 Å². The molecule has 39 heavy (non-hydrogen) atoms. The highest BCUT2D eigenvalue weighted by molar-refractivity contribution is 5.87. The van der Waals surface area contributed by atoms with E-state index in [0.717, 1.165) is 51.2 Å². The molecule has 6 rings (SSSR count). The van der Waals surface area contributed by atoms with Crippen LogP contribution in [0.1, 0.15) is 13.8 Å². The van der Waals surface area contributed by atoms with Crippen molar-refractivity contribution < 1.29 is 0 Å². The summed E-state index contributed by atoms with van der Waals surface area (Å²) in [5.74, 6) is 0. The normalized spacial score (nSPS) is 13.3. The molecule has 5 aromatic carbocycles. The Morgan fingerprint density at radius 3 is 1.18 bits per heavy atom. The van der Waals surface area contributed by atoms with Gasteiger partial charge in [-0.2, -0.15) is 0 Å². The third-order valence-electron chi connectivity index (χ3n) is 6.96. The zero-order chi connectivity index (χ0) is 26.6. The molecule has 0 saturated heterocycles. The SMILES string of the molecule is CC=CC(=CC)N1c2cccc(c2)N(c2ccccc2)c2cccc(c2)N(c2ccccc2)c2cccc1c2. The molecule has 0 unspecified atom stereocenters. The van der Waals surface area contributed by atoms with Gasteiger partial charge in [0.05, 0.1) is 0 Å². The van der Waals surface area contributed by atoms with Gasteiger partial charge in [0.25, 0.3) is 0 Å². The van der Waals surface area contributed by atoms with Gasteiger partial charge < -0.3 is 14.7 Å². The van der Waals surface area contributed by atoms with Crippen molar-refractivity contribution >= 4 is 45.5 Å². The first-order chi connectivity index (χ1) is 19.3. The fourth-order valence-electron chi connectivity index (χ4n) is 5.28. The molecule has 0 amide bonds. The predicted octanol–water partition coefficient (Wildman–Crippen LogP) is 10.6. The summed E-state index contributed by atoms with van der Waals surface area (Å²) >= 11 is 0. The summed E-state index contributed by atoms with van der Waals surface area (Å²) in [5.41, 5.74) is 9.92. The van der Waals surface area contributed by atoms with E-state index in [9.17, 15) is 0 Å². The predicted molar refractivity (Wildman–Crippen MR) is 167 cm³/mol. The minimum absolute atomic E-state index is 1.10. The molecule has 6 bridgehead atoms. The van der Waals surface area contributed by atoms with Crippen LogP contribution in [-0.2, 0) is 0 Å². The van der Waals surface area contributed by atoms with E-state index in [0.29, 0.717) is 0 Å². The van der Waals surface area contributed by atoms with Gasteiger partial charge in [-0.15, -0.1) is 0 Å². The maximum Gasteiger partial charge on any atom is 0.0482 e. The van der Waals surface area contributed by atoms with Gasteiger partial charge in [0.2, 0.25) is 0 Å². The Morgan fingerprint density at radius 1 is 0.436 bits per heavy atom. The van der Waals surface area contributed by atoms with Crippen LogP contribution in [0.25, 0.3) is 0 Å². The molecule has 0 fully saturated rings. The van der Waals surface area contributed by atoms with Gasteiger partial charge in [0.1, 0.15) is 0 Å². The van der Waals surface area contributed by atoms with Crippen molar-refractivity contribution in [3.05, 3.63) is 157 Å². The minimum atomic E-state index is 1.10. The molecule has 0 spiro atoms. The van der Waals surface area contributed by atoms with Crippen LogP contribution in [0.5, 0.6) is 0 Å². The van der Waals surface area contributed by atoms with Crippen LogP contribution in [0.15, 0.2) is 157 Å². The summed E-state index contributed by atoms with van der Waals surface area (Å²) in [6.45, 7) is 4.16. The molecule has 1 aliphatic rings. The number of anilines is 8. The molecule has 3 heteroatoms. The third kappa shape index (κ3) is 4.71. The van der Waals surface area contributed by atoms with E-state index in [4.69, 9.17) is 0 Å². The molecule has 1 heterocycles. The van der Waals surface area contributed by atoms with Crippen LogP contribution in [0, 0.1) is 0 Å². The van der Waals surface area contributed by atoms with Gasteiger partial charge in [-0.25, -0.2) is 0 Å². The Labute approximate surface area is 231 Å². The first kappa shape index (κ1) is 24.3. The molecule has 0 aromatic heterocycles. The zero-order valence-corrected chi connectivity index (χ0v) is 22.3. The van der Waals surface area contributed by atoms with E-state index >= 15 is 0 Å². The van der Waals surface area contributed by atoms with Crippen molar-refractivity contribution in [3.8, 4) is 0 Å². The monoisotopic (exact) mass is 505 g/mol. The van der Waals surface area contributed by atoms with E-state index in [1.807, 2.05) is 0 Å². The highest BCUT2D eigenvalue weighted by Crippen LogP contribution is 2.44. The number of fused-ring (bicyclic) bond motifs is 6. The molecular formula is C36H31N3. The lowest BCUT2D eigenvalue weighted by Gasteiger charge is -2.33. The smallest absolute Gasteiger partial charge is 0.0482 e. The van der Waals surface area contributed by atoms with Crippen molar-refractivity contribution in [2.75, 3.05) is 14.7 Å². The second-order valence-corrected chi connectivity index (χ2v) is 9.45. The second-order valence-electron chi connectivity index (χ2n) is 9.45. The lowest BCUT2D eigenvalue weighted by Crippen LogP contribution is -2.18. The van der Waals surface area contributed by atoms with Gasteiger partial charge in [0.15, 0.2) is 0 Å². The third-order valence-corrected chi connectivity index (χ3v) is 6.96. The van der Waals surface area contributed by atoms with E-state index in [2.05, 4.69) is 180 Å². The van der Waals surface area contributed by atoms with Gasteiger partial charge in [-0.3, -0.25) is 0 Å². The standard InChI is InChI=1S/C36H31N3/c1-3-14-28(4-2)37-31-19-11-21-33(25-31)38(29-15-7-5-8-16-29)35-23-13-24-36(27-35)39(30-17-9-6-10-18-30)34-22-12-20-32(37)26-34/h3-27H,1-2H3. The Morgan fingerprint density at radius 2 is 0.795 bits per heavy atom. The molecule has 0 atom stereocenters. The fourth-order valence-corrected chi connectivity index (χ4v) is 5.28. The highest BCUT2D eigenvalue weighted by Gasteiger charge is 2.21. The maximum atomic E-state index is 2.33. The lowest BCUT2D eigenvalue weighted by atomic mass is 10.1. The number of allylic oxidation sites excluding steroid dienone is 3. The number of hydrogen-bond donors (Lipinski definition) is 0. The van der Waals surface area contributed by atoms with E-state index in [-0.39, 0.29) is 0 Å².